The molecule has 60 valence electrons. The van der Waals surface area contributed by atoms with Crippen LogP contribution in [0, 0.1) is 5.92 Å². The summed E-state index contributed by atoms with van der Waals surface area (Å²) in [5.41, 5.74) is -0.529. The predicted octanol–water partition coefficient (Wildman–Crippen LogP) is 2.17. The number of rotatable bonds is 3. The van der Waals surface area contributed by atoms with E-state index in [4.69, 9.17) is 7.85 Å². The highest BCUT2D eigenvalue weighted by molar-refractivity contribution is 6.17. The highest BCUT2D eigenvalue weighted by atomic mass is 14.8. The van der Waals surface area contributed by atoms with Crippen LogP contribution >= 0.6 is 0 Å². The Morgan fingerprint density at radius 1 is 1.45 bits per heavy atom. The summed E-state index contributed by atoms with van der Waals surface area (Å²) in [6, 6.07) is 0. The summed E-state index contributed by atoms with van der Waals surface area (Å²) in [6.07, 6.45) is 5.67. The maximum atomic E-state index is 5.79. The third-order valence-corrected chi connectivity index (χ3v) is 1.15. The van der Waals surface area contributed by atoms with Gasteiger partial charge in [0.2, 0.25) is 0 Å². The molecule has 0 rings (SSSR count). The van der Waals surface area contributed by atoms with E-state index in [0.717, 1.165) is 0 Å². The molecule has 2 heteroatoms. The Kier molecular flexibility index (Phi) is 4.16. The molecule has 0 aliphatic heterocycles. The SMILES string of the molecule is [B]C(C)(C=CC)N=CC(C)C. The lowest BCUT2D eigenvalue weighted by molar-refractivity contribution is 0.806. The van der Waals surface area contributed by atoms with Gasteiger partial charge in [0, 0.05) is 11.7 Å². The smallest absolute Gasteiger partial charge is 0.112 e. The highest BCUT2D eigenvalue weighted by Crippen LogP contribution is 2.06. The van der Waals surface area contributed by atoms with Gasteiger partial charge in [-0.05, 0) is 19.8 Å². The minimum Gasteiger partial charge on any atom is -0.297 e. The van der Waals surface area contributed by atoms with Crippen LogP contribution in [0.4, 0.5) is 0 Å². The van der Waals surface area contributed by atoms with Crippen LogP contribution in [-0.2, 0) is 0 Å². The van der Waals surface area contributed by atoms with Gasteiger partial charge in [-0.25, -0.2) is 0 Å². The maximum absolute atomic E-state index is 5.79. The quantitative estimate of drug-likeness (QED) is 0.331. The van der Waals surface area contributed by atoms with Crippen molar-refractivity contribution in [2.75, 3.05) is 0 Å². The molecule has 0 saturated heterocycles. The van der Waals surface area contributed by atoms with E-state index in [1.807, 2.05) is 32.2 Å². The molecule has 0 aliphatic carbocycles. The lowest BCUT2D eigenvalue weighted by Crippen LogP contribution is -2.18. The first kappa shape index (κ1) is 10.5. The molecule has 11 heavy (non-hydrogen) atoms. The monoisotopic (exact) mass is 149 g/mol. The standard InChI is InChI=1S/C9H16BN/c1-5-6-9(4,10)11-7-8(2)3/h5-8H,1-4H3. The molecule has 1 nitrogen and oxygen atoms in total. The van der Waals surface area contributed by atoms with Crippen molar-refractivity contribution in [2.45, 2.75) is 33.1 Å². The fraction of sp³-hybridized carbons (Fsp3) is 0.667. The molecule has 1 unspecified atom stereocenters. The number of hydrogen-bond acceptors (Lipinski definition) is 1. The summed E-state index contributed by atoms with van der Waals surface area (Å²) in [5, 5.41) is 0. The van der Waals surface area contributed by atoms with Crippen LogP contribution < -0.4 is 0 Å². The van der Waals surface area contributed by atoms with Gasteiger partial charge < -0.3 is 0 Å². The molecule has 2 radical (unpaired) electrons. The molecule has 0 amide bonds. The van der Waals surface area contributed by atoms with E-state index in [-0.39, 0.29) is 0 Å². The molecule has 0 saturated carbocycles. The van der Waals surface area contributed by atoms with E-state index in [2.05, 4.69) is 18.8 Å². The Labute approximate surface area is 71.0 Å². The Bertz CT molecular complexity index is 157. The van der Waals surface area contributed by atoms with Gasteiger partial charge in [0.15, 0.2) is 0 Å². The van der Waals surface area contributed by atoms with E-state index < -0.39 is 5.44 Å². The van der Waals surface area contributed by atoms with Gasteiger partial charge in [-0.2, -0.15) is 0 Å². The van der Waals surface area contributed by atoms with Gasteiger partial charge >= 0.3 is 0 Å². The molecule has 0 aromatic carbocycles. The molecule has 1 atom stereocenters. The largest absolute Gasteiger partial charge is 0.297 e. The van der Waals surface area contributed by atoms with Crippen LogP contribution in [0.1, 0.15) is 27.7 Å². The summed E-state index contributed by atoms with van der Waals surface area (Å²) >= 11 is 0. The number of allylic oxidation sites excluding steroid dienone is 1. The summed E-state index contributed by atoms with van der Waals surface area (Å²) in [6.45, 7) is 7.98. The molecule has 0 N–H and O–H groups in total. The molecule has 0 spiro atoms. The molecule has 0 fully saturated rings. The Morgan fingerprint density at radius 2 is 2.00 bits per heavy atom. The second-order valence-corrected chi connectivity index (χ2v) is 3.25. The second-order valence-electron chi connectivity index (χ2n) is 3.25. The highest BCUT2D eigenvalue weighted by Gasteiger charge is 2.08. The van der Waals surface area contributed by atoms with E-state index in [1.165, 1.54) is 0 Å². The van der Waals surface area contributed by atoms with Gasteiger partial charge in [0.05, 0.1) is 0 Å². The van der Waals surface area contributed by atoms with Crippen molar-refractivity contribution in [1.29, 1.82) is 0 Å². The molecule has 0 heterocycles. The van der Waals surface area contributed by atoms with E-state index in [0.29, 0.717) is 5.92 Å². The lowest BCUT2D eigenvalue weighted by Gasteiger charge is -2.14. The average Bonchev–Trinajstić information content (AvgIpc) is 1.84. The number of aliphatic imine (C=N–C) groups is 1. The third-order valence-electron chi connectivity index (χ3n) is 1.15. The Hall–Kier alpha value is -0.525. The Morgan fingerprint density at radius 3 is 2.36 bits per heavy atom. The zero-order valence-corrected chi connectivity index (χ0v) is 7.83. The van der Waals surface area contributed by atoms with Crippen LogP contribution in [-0.4, -0.2) is 19.5 Å². The van der Waals surface area contributed by atoms with Crippen molar-refractivity contribution in [3.8, 4) is 0 Å². The normalized spacial score (nSPS) is 18.3. The van der Waals surface area contributed by atoms with Crippen molar-refractivity contribution in [3.05, 3.63) is 12.2 Å². The number of hydrogen-bond donors (Lipinski definition) is 0. The van der Waals surface area contributed by atoms with Crippen LogP contribution in [0.25, 0.3) is 0 Å². The maximum Gasteiger partial charge on any atom is 0.112 e. The van der Waals surface area contributed by atoms with Gasteiger partial charge in [-0.15, -0.1) is 0 Å². The minimum atomic E-state index is -0.529. The first-order valence-corrected chi connectivity index (χ1v) is 3.96. The van der Waals surface area contributed by atoms with Crippen molar-refractivity contribution >= 4 is 14.1 Å². The third kappa shape index (κ3) is 5.90. The van der Waals surface area contributed by atoms with Crippen molar-refractivity contribution in [2.24, 2.45) is 10.9 Å². The van der Waals surface area contributed by atoms with Gasteiger partial charge in [-0.1, -0.05) is 26.0 Å². The van der Waals surface area contributed by atoms with Crippen LogP contribution in [0.2, 0.25) is 0 Å². The van der Waals surface area contributed by atoms with Crippen molar-refractivity contribution in [1.82, 2.24) is 0 Å². The summed E-state index contributed by atoms with van der Waals surface area (Å²) in [7, 11) is 5.79. The van der Waals surface area contributed by atoms with E-state index in [9.17, 15) is 0 Å². The fourth-order valence-electron chi connectivity index (χ4n) is 0.690. The van der Waals surface area contributed by atoms with Crippen LogP contribution in [0.15, 0.2) is 17.1 Å². The molecular formula is C9H16BN. The molecule has 0 aromatic heterocycles. The summed E-state index contributed by atoms with van der Waals surface area (Å²) < 4.78 is 0. The van der Waals surface area contributed by atoms with E-state index in [1.54, 1.807) is 0 Å². The van der Waals surface area contributed by atoms with E-state index >= 15 is 0 Å². The summed E-state index contributed by atoms with van der Waals surface area (Å²) in [5.74, 6) is 0.461. The number of nitrogens with zero attached hydrogens (tertiary/aromatic N) is 1. The molecule has 0 aromatic rings. The molecule has 0 bridgehead atoms. The van der Waals surface area contributed by atoms with Gasteiger partial charge in [-0.3, -0.25) is 4.99 Å². The summed E-state index contributed by atoms with van der Waals surface area (Å²) in [4.78, 5) is 4.21. The fourth-order valence-corrected chi connectivity index (χ4v) is 0.690. The predicted molar refractivity (Wildman–Crippen MR) is 52.3 cm³/mol. The van der Waals surface area contributed by atoms with Crippen LogP contribution in [0.3, 0.4) is 0 Å². The molecular weight excluding hydrogens is 133 g/mol. The van der Waals surface area contributed by atoms with Crippen molar-refractivity contribution < 1.29 is 0 Å². The zero-order valence-electron chi connectivity index (χ0n) is 7.83. The lowest BCUT2D eigenvalue weighted by atomic mass is 9.80. The Balaban J connectivity index is 4.11. The topological polar surface area (TPSA) is 12.4 Å². The first-order valence-electron chi connectivity index (χ1n) is 3.96. The second kappa shape index (κ2) is 4.37. The average molecular weight is 149 g/mol. The van der Waals surface area contributed by atoms with Gasteiger partial charge in [0.25, 0.3) is 0 Å². The van der Waals surface area contributed by atoms with Crippen LogP contribution in [0.5, 0.6) is 0 Å². The molecule has 0 aliphatic rings. The zero-order chi connectivity index (χ0) is 8.91. The first-order chi connectivity index (χ1) is 4.98. The van der Waals surface area contributed by atoms with Crippen molar-refractivity contribution in [3.63, 3.8) is 0 Å². The minimum absolute atomic E-state index is 0.461. The van der Waals surface area contributed by atoms with Gasteiger partial charge in [0.1, 0.15) is 7.85 Å².